The van der Waals surface area contributed by atoms with Crippen molar-refractivity contribution in [2.24, 2.45) is 5.92 Å². The quantitative estimate of drug-likeness (QED) is 0.812. The monoisotopic (exact) mass is 389 g/mol. The molecular formula is C21H28FN3O3. The molecule has 1 saturated heterocycles. The number of hydrogen-bond acceptors (Lipinski definition) is 3. The number of carbonyl (C=O) groups is 3. The highest BCUT2D eigenvalue weighted by Crippen LogP contribution is 2.31. The van der Waals surface area contributed by atoms with Crippen LogP contribution in [0.3, 0.4) is 0 Å². The van der Waals surface area contributed by atoms with E-state index in [9.17, 15) is 18.8 Å². The van der Waals surface area contributed by atoms with Crippen molar-refractivity contribution < 1.29 is 18.8 Å². The van der Waals surface area contributed by atoms with Crippen molar-refractivity contribution in [3.05, 3.63) is 29.6 Å². The van der Waals surface area contributed by atoms with Gasteiger partial charge in [0.05, 0.1) is 11.6 Å². The minimum Gasteiger partial charge on any atom is -0.354 e. The lowest BCUT2D eigenvalue weighted by molar-refractivity contribution is -0.136. The maximum Gasteiger partial charge on any atom is 0.245 e. The Morgan fingerprint density at radius 2 is 1.96 bits per heavy atom. The molecule has 1 aliphatic heterocycles. The number of amides is 3. The smallest absolute Gasteiger partial charge is 0.245 e. The number of nitrogens with one attached hydrogen (secondary N) is 2. The first-order valence-electron chi connectivity index (χ1n) is 10.0. The lowest BCUT2D eigenvalue weighted by Gasteiger charge is -2.37. The Hall–Kier alpha value is -2.44. The minimum absolute atomic E-state index is 0.0185. The normalized spacial score (nSPS) is 21.5. The highest BCUT2D eigenvalue weighted by Gasteiger charge is 2.44. The fourth-order valence-corrected chi connectivity index (χ4v) is 4.18. The van der Waals surface area contributed by atoms with Crippen molar-refractivity contribution in [1.82, 2.24) is 10.6 Å². The van der Waals surface area contributed by atoms with E-state index < -0.39 is 17.3 Å². The van der Waals surface area contributed by atoms with Crippen LogP contribution in [0.4, 0.5) is 10.1 Å². The van der Waals surface area contributed by atoms with Crippen LogP contribution in [-0.4, -0.2) is 36.3 Å². The Morgan fingerprint density at radius 3 is 2.61 bits per heavy atom. The van der Waals surface area contributed by atoms with Gasteiger partial charge in [-0.2, -0.15) is 0 Å². The van der Waals surface area contributed by atoms with Gasteiger partial charge in [0.1, 0.15) is 11.4 Å². The van der Waals surface area contributed by atoms with E-state index in [2.05, 4.69) is 10.6 Å². The molecule has 28 heavy (non-hydrogen) atoms. The Kier molecular flexibility index (Phi) is 6.01. The van der Waals surface area contributed by atoms with Gasteiger partial charge in [-0.25, -0.2) is 4.39 Å². The van der Waals surface area contributed by atoms with E-state index in [0.717, 1.165) is 24.8 Å². The maximum atomic E-state index is 14.3. The summed E-state index contributed by atoms with van der Waals surface area (Å²) >= 11 is 0. The number of nitrogens with zero attached hydrogens (tertiary/aromatic N) is 1. The van der Waals surface area contributed by atoms with Crippen molar-refractivity contribution >= 4 is 23.4 Å². The summed E-state index contributed by atoms with van der Waals surface area (Å²) < 4.78 is 14.3. The van der Waals surface area contributed by atoms with Crippen LogP contribution in [-0.2, 0) is 14.4 Å². The summed E-state index contributed by atoms with van der Waals surface area (Å²) in [5, 5.41) is 5.78. The number of anilines is 1. The van der Waals surface area contributed by atoms with Gasteiger partial charge in [-0.15, -0.1) is 0 Å². The Morgan fingerprint density at radius 1 is 1.25 bits per heavy atom. The predicted molar refractivity (Wildman–Crippen MR) is 104 cm³/mol. The second kappa shape index (κ2) is 8.29. The third-order valence-corrected chi connectivity index (χ3v) is 5.73. The molecule has 6 nitrogen and oxygen atoms in total. The van der Waals surface area contributed by atoms with Crippen molar-refractivity contribution in [2.45, 2.75) is 57.9 Å². The van der Waals surface area contributed by atoms with E-state index in [4.69, 9.17) is 0 Å². The van der Waals surface area contributed by atoms with Gasteiger partial charge in [0, 0.05) is 19.5 Å². The molecule has 1 saturated carbocycles. The first-order valence-corrected chi connectivity index (χ1v) is 10.0. The fraction of sp³-hybridized carbons (Fsp3) is 0.571. The molecule has 0 bridgehead atoms. The molecular weight excluding hydrogens is 361 g/mol. The molecule has 1 heterocycles. The van der Waals surface area contributed by atoms with Crippen LogP contribution in [0.1, 0.15) is 51.0 Å². The summed E-state index contributed by atoms with van der Waals surface area (Å²) in [4.78, 5) is 39.3. The van der Waals surface area contributed by atoms with Crippen LogP contribution in [0.2, 0.25) is 0 Å². The number of likely N-dealkylation sites (N-methyl/N-ethyl adjacent to an activating group) is 1. The summed E-state index contributed by atoms with van der Waals surface area (Å²) in [6.45, 7) is 4.24. The van der Waals surface area contributed by atoms with Crippen LogP contribution in [0.25, 0.3) is 0 Å². The van der Waals surface area contributed by atoms with E-state index in [1.54, 1.807) is 19.1 Å². The van der Waals surface area contributed by atoms with Gasteiger partial charge in [-0.1, -0.05) is 25.3 Å². The van der Waals surface area contributed by atoms with Gasteiger partial charge in [0.15, 0.2) is 0 Å². The summed E-state index contributed by atoms with van der Waals surface area (Å²) in [6, 6.07) is 4.69. The number of hydrogen-bond donors (Lipinski definition) is 2. The number of rotatable bonds is 5. The molecule has 1 aromatic rings. The molecule has 2 aliphatic rings. The number of carbonyl (C=O) groups excluding carboxylic acids is 3. The van der Waals surface area contributed by atoms with E-state index in [1.165, 1.54) is 11.0 Å². The van der Waals surface area contributed by atoms with Gasteiger partial charge in [-0.05, 0) is 44.4 Å². The summed E-state index contributed by atoms with van der Waals surface area (Å²) in [7, 11) is 0. The van der Waals surface area contributed by atoms with Gasteiger partial charge in [0.2, 0.25) is 17.7 Å². The minimum atomic E-state index is -0.906. The summed E-state index contributed by atoms with van der Waals surface area (Å²) in [5.74, 6) is -1.81. The van der Waals surface area contributed by atoms with Crippen molar-refractivity contribution in [3.8, 4) is 0 Å². The molecule has 0 radical (unpaired) electrons. The van der Waals surface area contributed by atoms with Crippen molar-refractivity contribution in [1.29, 1.82) is 0 Å². The van der Waals surface area contributed by atoms with Crippen LogP contribution in [0, 0.1) is 18.7 Å². The topological polar surface area (TPSA) is 78.5 Å². The van der Waals surface area contributed by atoms with Gasteiger partial charge in [0.25, 0.3) is 0 Å². The Bertz CT molecular complexity index is 774. The lowest BCUT2D eigenvalue weighted by Crippen LogP contribution is -2.60. The molecule has 0 spiro atoms. The largest absolute Gasteiger partial charge is 0.354 e. The number of benzene rings is 1. The molecule has 3 amide bonds. The molecule has 7 heteroatoms. The SMILES string of the molecule is CCNC(=O)C1(NC(=O)C2CC(=O)N(c3ccc(C)cc3F)C2)CCCCC1. The Balaban J connectivity index is 1.73. The molecule has 152 valence electrons. The molecule has 1 unspecified atom stereocenters. The first kappa shape index (κ1) is 20.3. The Labute approximate surface area is 164 Å². The van der Waals surface area contributed by atoms with Crippen LogP contribution in [0.5, 0.6) is 0 Å². The van der Waals surface area contributed by atoms with Crippen LogP contribution >= 0.6 is 0 Å². The van der Waals surface area contributed by atoms with E-state index in [1.807, 2.05) is 6.92 Å². The number of halogens is 1. The zero-order chi connectivity index (χ0) is 20.3. The highest BCUT2D eigenvalue weighted by atomic mass is 19.1. The lowest BCUT2D eigenvalue weighted by atomic mass is 9.80. The second-order valence-corrected chi connectivity index (χ2v) is 7.85. The molecule has 1 atom stereocenters. The number of aryl methyl sites for hydroxylation is 1. The maximum absolute atomic E-state index is 14.3. The summed E-state index contributed by atoms with van der Waals surface area (Å²) in [5.41, 5.74) is 0.0575. The zero-order valence-electron chi connectivity index (χ0n) is 16.5. The third-order valence-electron chi connectivity index (χ3n) is 5.73. The standard InChI is InChI=1S/C21H28FN3O3/c1-3-23-20(28)21(9-5-4-6-10-21)24-19(27)15-12-18(26)25(13-15)17-8-7-14(2)11-16(17)22/h7-8,11,15H,3-6,9-10,12-13H2,1-2H3,(H,23,28)(H,24,27). The first-order chi connectivity index (χ1) is 13.4. The van der Waals surface area contributed by atoms with Crippen molar-refractivity contribution in [3.63, 3.8) is 0 Å². The molecule has 2 N–H and O–H groups in total. The zero-order valence-corrected chi connectivity index (χ0v) is 16.5. The van der Waals surface area contributed by atoms with Gasteiger partial charge < -0.3 is 15.5 Å². The second-order valence-electron chi connectivity index (χ2n) is 7.85. The molecule has 0 aromatic heterocycles. The average Bonchev–Trinajstić information content (AvgIpc) is 3.04. The fourth-order valence-electron chi connectivity index (χ4n) is 4.18. The van der Waals surface area contributed by atoms with E-state index >= 15 is 0 Å². The molecule has 1 aromatic carbocycles. The predicted octanol–water partition coefficient (Wildman–Crippen LogP) is 2.44. The summed E-state index contributed by atoms with van der Waals surface area (Å²) in [6.07, 6.45) is 4.01. The molecule has 2 fully saturated rings. The van der Waals surface area contributed by atoms with Gasteiger partial charge >= 0.3 is 0 Å². The highest BCUT2D eigenvalue weighted by molar-refractivity contribution is 6.01. The third kappa shape index (κ3) is 4.03. The van der Waals surface area contributed by atoms with Crippen molar-refractivity contribution in [2.75, 3.05) is 18.0 Å². The molecule has 1 aliphatic carbocycles. The van der Waals surface area contributed by atoms with Crippen LogP contribution in [0.15, 0.2) is 18.2 Å². The van der Waals surface area contributed by atoms with Gasteiger partial charge in [-0.3, -0.25) is 14.4 Å². The van der Waals surface area contributed by atoms with Crippen LogP contribution < -0.4 is 15.5 Å². The average molecular weight is 389 g/mol. The van der Waals surface area contributed by atoms with E-state index in [-0.39, 0.29) is 36.4 Å². The van der Waals surface area contributed by atoms with E-state index in [0.29, 0.717) is 19.4 Å². The molecule has 3 rings (SSSR count).